The van der Waals surface area contributed by atoms with E-state index in [-0.39, 0.29) is 11.8 Å². The van der Waals surface area contributed by atoms with E-state index in [0.717, 1.165) is 25.7 Å². The third kappa shape index (κ3) is 2.03. The van der Waals surface area contributed by atoms with Gasteiger partial charge in [-0.2, -0.15) is 0 Å². The van der Waals surface area contributed by atoms with Crippen molar-refractivity contribution in [2.24, 2.45) is 17.3 Å². The molecule has 20 heavy (non-hydrogen) atoms. The molecule has 0 bridgehead atoms. The Kier molecular flexibility index (Phi) is 3.30. The van der Waals surface area contributed by atoms with Crippen molar-refractivity contribution in [3.63, 3.8) is 0 Å². The van der Waals surface area contributed by atoms with Crippen LogP contribution >= 0.6 is 0 Å². The number of nitrogens with one attached hydrogen (secondary N) is 1. The number of carbonyl (C=O) groups excluding carboxylic acids is 3. The summed E-state index contributed by atoms with van der Waals surface area (Å²) in [7, 11) is 0. The summed E-state index contributed by atoms with van der Waals surface area (Å²) in [5.41, 5.74) is -0.946. The first kappa shape index (κ1) is 13.6. The Morgan fingerprint density at radius 2 is 1.90 bits per heavy atom. The number of barbiturate groups is 1. The molecule has 0 aromatic heterocycles. The molecular formula is C15H22N2O3. The Morgan fingerprint density at radius 3 is 2.50 bits per heavy atom. The van der Waals surface area contributed by atoms with Crippen molar-refractivity contribution < 1.29 is 14.4 Å². The van der Waals surface area contributed by atoms with Crippen LogP contribution in [0.4, 0.5) is 4.79 Å². The highest BCUT2D eigenvalue weighted by Gasteiger charge is 2.55. The summed E-state index contributed by atoms with van der Waals surface area (Å²) >= 11 is 0. The molecule has 3 fully saturated rings. The van der Waals surface area contributed by atoms with Crippen LogP contribution in [0, 0.1) is 17.3 Å². The van der Waals surface area contributed by atoms with Crippen LogP contribution in [0.5, 0.6) is 0 Å². The molecule has 1 aliphatic heterocycles. The SMILES string of the molecule is CC1CCC(CN2C(=O)NC(=O)C3(CCCC3)C2=O)C1. The largest absolute Gasteiger partial charge is 0.330 e. The van der Waals surface area contributed by atoms with Gasteiger partial charge in [-0.25, -0.2) is 4.79 Å². The van der Waals surface area contributed by atoms with Crippen LogP contribution in [-0.4, -0.2) is 29.3 Å². The van der Waals surface area contributed by atoms with Crippen molar-refractivity contribution in [1.29, 1.82) is 0 Å². The Balaban J connectivity index is 1.77. The summed E-state index contributed by atoms with van der Waals surface area (Å²) in [5.74, 6) is 0.445. The monoisotopic (exact) mass is 278 g/mol. The second kappa shape index (κ2) is 4.86. The Bertz CT molecular complexity index is 454. The number of hydrogen-bond acceptors (Lipinski definition) is 3. The number of imide groups is 2. The molecule has 2 saturated carbocycles. The highest BCUT2D eigenvalue weighted by Crippen LogP contribution is 2.42. The Hall–Kier alpha value is -1.39. The summed E-state index contributed by atoms with van der Waals surface area (Å²) < 4.78 is 0. The first-order chi connectivity index (χ1) is 9.53. The quantitative estimate of drug-likeness (QED) is 0.786. The lowest BCUT2D eigenvalue weighted by Gasteiger charge is -2.37. The minimum Gasteiger partial charge on any atom is -0.277 e. The van der Waals surface area contributed by atoms with E-state index in [0.29, 0.717) is 31.2 Å². The van der Waals surface area contributed by atoms with E-state index in [1.54, 1.807) is 0 Å². The number of hydrogen-bond donors (Lipinski definition) is 1. The van der Waals surface area contributed by atoms with E-state index in [4.69, 9.17) is 0 Å². The third-order valence-corrected chi connectivity index (χ3v) is 5.26. The molecule has 2 aliphatic carbocycles. The molecule has 3 rings (SSSR count). The van der Waals surface area contributed by atoms with Gasteiger partial charge in [-0.15, -0.1) is 0 Å². The highest BCUT2D eigenvalue weighted by atomic mass is 16.2. The first-order valence-corrected chi connectivity index (χ1v) is 7.70. The highest BCUT2D eigenvalue weighted by molar-refractivity contribution is 6.19. The zero-order chi connectivity index (χ0) is 14.3. The second-order valence-corrected chi connectivity index (χ2v) is 6.75. The topological polar surface area (TPSA) is 66.5 Å². The molecule has 0 aromatic carbocycles. The minimum absolute atomic E-state index is 0.247. The van der Waals surface area contributed by atoms with Gasteiger partial charge in [0.05, 0.1) is 0 Å². The molecule has 2 atom stereocenters. The number of nitrogens with zero attached hydrogens (tertiary/aromatic N) is 1. The van der Waals surface area contributed by atoms with Gasteiger partial charge in [0.25, 0.3) is 0 Å². The van der Waals surface area contributed by atoms with Crippen molar-refractivity contribution in [3.05, 3.63) is 0 Å². The van der Waals surface area contributed by atoms with Crippen LogP contribution in [0.15, 0.2) is 0 Å². The van der Waals surface area contributed by atoms with E-state index >= 15 is 0 Å². The van der Waals surface area contributed by atoms with Crippen LogP contribution in [0.1, 0.15) is 51.9 Å². The van der Waals surface area contributed by atoms with E-state index in [9.17, 15) is 14.4 Å². The molecule has 0 aromatic rings. The van der Waals surface area contributed by atoms with Gasteiger partial charge in [-0.3, -0.25) is 19.8 Å². The number of rotatable bonds is 2. The molecule has 110 valence electrons. The van der Waals surface area contributed by atoms with Gasteiger partial charge in [-0.05, 0) is 37.5 Å². The summed E-state index contributed by atoms with van der Waals surface area (Å²) in [5, 5.41) is 2.40. The lowest BCUT2D eigenvalue weighted by Crippen LogP contribution is -2.63. The number of urea groups is 1. The average molecular weight is 278 g/mol. The number of amides is 4. The smallest absolute Gasteiger partial charge is 0.277 e. The predicted octanol–water partition coefficient (Wildman–Crippen LogP) is 2.06. The molecule has 2 unspecified atom stereocenters. The summed E-state index contributed by atoms with van der Waals surface area (Å²) in [6, 6.07) is -0.517. The maximum atomic E-state index is 12.7. The molecule has 1 N–H and O–H groups in total. The lowest BCUT2D eigenvalue weighted by atomic mass is 9.82. The van der Waals surface area contributed by atoms with Crippen molar-refractivity contribution >= 4 is 17.8 Å². The van der Waals surface area contributed by atoms with Gasteiger partial charge in [0, 0.05) is 6.54 Å². The average Bonchev–Trinajstić information content (AvgIpc) is 3.03. The molecule has 4 amide bonds. The maximum Gasteiger partial charge on any atom is 0.330 e. The van der Waals surface area contributed by atoms with Crippen molar-refractivity contribution in [3.8, 4) is 0 Å². The molecule has 3 aliphatic rings. The van der Waals surface area contributed by atoms with Gasteiger partial charge in [-0.1, -0.05) is 26.2 Å². The predicted molar refractivity (Wildman–Crippen MR) is 72.7 cm³/mol. The van der Waals surface area contributed by atoms with Crippen LogP contribution in [-0.2, 0) is 9.59 Å². The minimum atomic E-state index is -0.946. The van der Waals surface area contributed by atoms with Crippen LogP contribution < -0.4 is 5.32 Å². The van der Waals surface area contributed by atoms with Crippen molar-refractivity contribution in [2.45, 2.75) is 51.9 Å². The van der Waals surface area contributed by atoms with E-state index in [1.807, 2.05) is 0 Å². The van der Waals surface area contributed by atoms with Gasteiger partial charge >= 0.3 is 6.03 Å². The number of carbonyl (C=O) groups is 3. The molecule has 0 radical (unpaired) electrons. The van der Waals surface area contributed by atoms with E-state index < -0.39 is 11.4 Å². The molecular weight excluding hydrogens is 256 g/mol. The van der Waals surface area contributed by atoms with Crippen LogP contribution in [0.2, 0.25) is 0 Å². The fourth-order valence-corrected chi connectivity index (χ4v) is 4.07. The zero-order valence-corrected chi connectivity index (χ0v) is 12.0. The fourth-order valence-electron chi connectivity index (χ4n) is 4.07. The Labute approximate surface area is 119 Å². The normalized spacial score (nSPS) is 33.0. The first-order valence-electron chi connectivity index (χ1n) is 7.70. The van der Waals surface area contributed by atoms with Gasteiger partial charge in [0.15, 0.2) is 0 Å². The van der Waals surface area contributed by atoms with Crippen LogP contribution in [0.25, 0.3) is 0 Å². The van der Waals surface area contributed by atoms with Crippen molar-refractivity contribution in [2.75, 3.05) is 6.54 Å². The van der Waals surface area contributed by atoms with Gasteiger partial charge in [0.1, 0.15) is 5.41 Å². The molecule has 5 nitrogen and oxygen atoms in total. The molecule has 1 heterocycles. The Morgan fingerprint density at radius 1 is 1.20 bits per heavy atom. The second-order valence-electron chi connectivity index (χ2n) is 6.75. The van der Waals surface area contributed by atoms with Gasteiger partial charge in [0.2, 0.25) is 11.8 Å². The maximum absolute atomic E-state index is 12.7. The van der Waals surface area contributed by atoms with E-state index in [1.165, 1.54) is 11.3 Å². The van der Waals surface area contributed by atoms with Crippen LogP contribution in [0.3, 0.4) is 0 Å². The standard InChI is InChI=1S/C15H22N2O3/c1-10-4-5-11(8-10)9-17-13(19)15(6-2-3-7-15)12(18)16-14(17)20/h10-11H,2-9H2,1H3,(H,16,18,20). The van der Waals surface area contributed by atoms with Gasteiger partial charge < -0.3 is 0 Å². The molecule has 1 spiro atoms. The lowest BCUT2D eigenvalue weighted by molar-refractivity contribution is -0.151. The van der Waals surface area contributed by atoms with E-state index in [2.05, 4.69) is 12.2 Å². The summed E-state index contributed by atoms with van der Waals surface area (Å²) in [4.78, 5) is 38.1. The van der Waals surface area contributed by atoms with Crippen molar-refractivity contribution in [1.82, 2.24) is 10.2 Å². The fraction of sp³-hybridized carbons (Fsp3) is 0.800. The zero-order valence-electron chi connectivity index (χ0n) is 12.0. The third-order valence-electron chi connectivity index (χ3n) is 5.26. The molecule has 5 heteroatoms. The summed E-state index contributed by atoms with van der Waals surface area (Å²) in [6.45, 7) is 2.68. The molecule has 1 saturated heterocycles. The summed E-state index contributed by atoms with van der Waals surface area (Å²) in [6.07, 6.45) is 6.25.